The maximum atomic E-state index is 12.9. The summed E-state index contributed by atoms with van der Waals surface area (Å²) in [4.78, 5) is 12.9. The van der Waals surface area contributed by atoms with Gasteiger partial charge >= 0.3 is 0 Å². The molecule has 3 aromatic rings. The molecule has 2 aromatic carbocycles. The van der Waals surface area contributed by atoms with E-state index in [9.17, 15) is 4.79 Å². The van der Waals surface area contributed by atoms with Gasteiger partial charge in [-0.2, -0.15) is 0 Å². The van der Waals surface area contributed by atoms with Crippen LogP contribution in [0.3, 0.4) is 0 Å². The Bertz CT molecular complexity index is 925. The average Bonchev–Trinajstić information content (AvgIpc) is 2.99. The summed E-state index contributed by atoms with van der Waals surface area (Å²) in [5.41, 5.74) is 0.824. The van der Waals surface area contributed by atoms with Gasteiger partial charge in [0.1, 0.15) is 17.4 Å². The lowest BCUT2D eigenvalue weighted by molar-refractivity contribution is -0.128. The van der Waals surface area contributed by atoms with Crippen molar-refractivity contribution in [2.75, 3.05) is 6.54 Å². The molecule has 0 spiro atoms. The number of aromatic nitrogens is 3. The zero-order chi connectivity index (χ0) is 19.9. The molecule has 2 heterocycles. The molecule has 6 nitrogen and oxygen atoms in total. The predicted octanol–water partition coefficient (Wildman–Crippen LogP) is 3.48. The molecular formula is C23H26N4O2. The molecule has 0 aliphatic carbocycles. The smallest absolute Gasteiger partial charge is 0.265 e. The van der Waals surface area contributed by atoms with Crippen LogP contribution in [0, 0.1) is 0 Å². The number of rotatable bonds is 7. The summed E-state index contributed by atoms with van der Waals surface area (Å²) in [6.07, 6.45) is 4.51. The second-order valence-electron chi connectivity index (χ2n) is 7.26. The van der Waals surface area contributed by atoms with Crippen LogP contribution in [0.1, 0.15) is 42.6 Å². The number of aryl methyl sites for hydroxylation is 1. The van der Waals surface area contributed by atoms with Gasteiger partial charge in [0, 0.05) is 31.5 Å². The number of benzene rings is 2. The van der Waals surface area contributed by atoms with Crippen molar-refractivity contribution in [1.82, 2.24) is 20.1 Å². The van der Waals surface area contributed by atoms with Crippen molar-refractivity contribution >= 4 is 5.91 Å². The highest BCUT2D eigenvalue weighted by atomic mass is 16.5. The van der Waals surface area contributed by atoms with Crippen LogP contribution in [0.2, 0.25) is 0 Å². The van der Waals surface area contributed by atoms with Gasteiger partial charge in [-0.05, 0) is 25.0 Å². The van der Waals surface area contributed by atoms with E-state index in [-0.39, 0.29) is 5.91 Å². The van der Waals surface area contributed by atoms with Crippen LogP contribution in [0.4, 0.5) is 0 Å². The number of ether oxygens (including phenoxy) is 1. The fraction of sp³-hybridized carbons (Fsp3) is 0.348. The Balaban J connectivity index is 1.41. The zero-order valence-corrected chi connectivity index (χ0v) is 16.5. The second kappa shape index (κ2) is 9.37. The first-order valence-electron chi connectivity index (χ1n) is 10.3. The van der Waals surface area contributed by atoms with Crippen LogP contribution in [-0.2, 0) is 24.2 Å². The average molecular weight is 390 g/mol. The van der Waals surface area contributed by atoms with Crippen molar-refractivity contribution in [2.45, 2.75) is 44.8 Å². The Labute approximate surface area is 170 Å². The topological polar surface area (TPSA) is 69.0 Å². The van der Waals surface area contributed by atoms with Gasteiger partial charge < -0.3 is 14.6 Å². The van der Waals surface area contributed by atoms with E-state index in [1.54, 1.807) is 0 Å². The number of nitrogens with one attached hydrogen (secondary N) is 1. The summed E-state index contributed by atoms with van der Waals surface area (Å²) >= 11 is 0. The Hall–Kier alpha value is -3.15. The Kier molecular flexibility index (Phi) is 6.19. The summed E-state index contributed by atoms with van der Waals surface area (Å²) in [6, 6.07) is 19.0. The van der Waals surface area contributed by atoms with E-state index in [1.165, 1.54) is 12.8 Å². The first-order chi connectivity index (χ1) is 14.3. The van der Waals surface area contributed by atoms with Gasteiger partial charge in [0.25, 0.3) is 5.91 Å². The molecular weight excluding hydrogens is 364 g/mol. The van der Waals surface area contributed by atoms with E-state index in [0.29, 0.717) is 18.7 Å². The number of fused-ring (bicyclic) bond motifs is 1. The van der Waals surface area contributed by atoms with Crippen molar-refractivity contribution in [2.24, 2.45) is 0 Å². The molecule has 29 heavy (non-hydrogen) atoms. The van der Waals surface area contributed by atoms with Gasteiger partial charge in [0.05, 0.1) is 0 Å². The molecule has 0 saturated carbocycles. The van der Waals surface area contributed by atoms with Gasteiger partial charge in [-0.3, -0.25) is 4.79 Å². The van der Waals surface area contributed by atoms with Gasteiger partial charge in [-0.25, -0.2) is 0 Å². The van der Waals surface area contributed by atoms with Crippen LogP contribution in [-0.4, -0.2) is 27.2 Å². The quantitative estimate of drug-likeness (QED) is 0.671. The second-order valence-corrected chi connectivity index (χ2v) is 7.26. The third kappa shape index (κ3) is 4.83. The molecule has 1 aromatic heterocycles. The minimum absolute atomic E-state index is 0.157. The summed E-state index contributed by atoms with van der Waals surface area (Å²) in [5.74, 6) is 2.52. The number of hydrogen-bond acceptors (Lipinski definition) is 4. The van der Waals surface area contributed by atoms with Crippen LogP contribution in [0.5, 0.6) is 5.75 Å². The van der Waals surface area contributed by atoms with Crippen LogP contribution in [0.25, 0.3) is 0 Å². The molecule has 1 N–H and O–H groups in total. The minimum atomic E-state index is -0.700. The predicted molar refractivity (Wildman–Crippen MR) is 111 cm³/mol. The largest absolute Gasteiger partial charge is 0.476 e. The van der Waals surface area contributed by atoms with Crippen molar-refractivity contribution in [1.29, 1.82) is 0 Å². The van der Waals surface area contributed by atoms with Crippen molar-refractivity contribution in [3.8, 4) is 5.75 Å². The molecule has 0 saturated heterocycles. The van der Waals surface area contributed by atoms with Gasteiger partial charge in [-0.1, -0.05) is 55.0 Å². The van der Waals surface area contributed by atoms with E-state index in [4.69, 9.17) is 4.74 Å². The normalized spacial score (nSPS) is 14.5. The van der Waals surface area contributed by atoms with E-state index < -0.39 is 6.10 Å². The first kappa shape index (κ1) is 19.2. The molecule has 6 heteroatoms. The summed E-state index contributed by atoms with van der Waals surface area (Å²) in [7, 11) is 0. The van der Waals surface area contributed by atoms with Crippen LogP contribution >= 0.6 is 0 Å². The number of carbonyl (C=O) groups is 1. The molecule has 1 unspecified atom stereocenters. The highest BCUT2D eigenvalue weighted by molar-refractivity contribution is 5.82. The van der Waals surface area contributed by atoms with Gasteiger partial charge in [0.15, 0.2) is 0 Å². The SMILES string of the molecule is O=C(NCCc1nnc2n1CCCCC2)C(Oc1ccccc1)c1ccccc1. The lowest BCUT2D eigenvalue weighted by Crippen LogP contribution is -2.34. The molecule has 1 atom stereocenters. The summed E-state index contributed by atoms with van der Waals surface area (Å²) in [5, 5.41) is 11.7. The van der Waals surface area contributed by atoms with Crippen molar-refractivity contribution in [3.05, 3.63) is 77.9 Å². The lowest BCUT2D eigenvalue weighted by atomic mass is 10.1. The molecule has 1 aliphatic heterocycles. The molecule has 0 fully saturated rings. The maximum Gasteiger partial charge on any atom is 0.265 e. The number of amides is 1. The van der Waals surface area contributed by atoms with E-state index in [2.05, 4.69) is 20.1 Å². The van der Waals surface area contributed by atoms with Gasteiger partial charge in [-0.15, -0.1) is 10.2 Å². The van der Waals surface area contributed by atoms with Crippen LogP contribution in [0.15, 0.2) is 60.7 Å². The Morgan fingerprint density at radius 2 is 1.76 bits per heavy atom. The minimum Gasteiger partial charge on any atom is -0.476 e. The number of hydrogen-bond donors (Lipinski definition) is 1. The molecule has 0 bridgehead atoms. The molecule has 150 valence electrons. The lowest BCUT2D eigenvalue weighted by Gasteiger charge is -2.19. The third-order valence-electron chi connectivity index (χ3n) is 5.17. The zero-order valence-electron chi connectivity index (χ0n) is 16.5. The fourth-order valence-corrected chi connectivity index (χ4v) is 3.66. The molecule has 4 rings (SSSR count). The van der Waals surface area contributed by atoms with E-state index >= 15 is 0 Å². The number of nitrogens with zero attached hydrogens (tertiary/aromatic N) is 3. The summed E-state index contributed by atoms with van der Waals surface area (Å²) in [6.45, 7) is 1.47. The standard InChI is InChI=1S/C23H26N4O2/c28-23(24-16-15-21-26-25-20-14-8-3-9-17-27(20)21)22(18-10-4-1-5-11-18)29-19-12-6-2-7-13-19/h1-2,4-7,10-13,22H,3,8-9,14-17H2,(H,24,28). The highest BCUT2D eigenvalue weighted by Gasteiger charge is 2.23. The van der Waals surface area contributed by atoms with Crippen LogP contribution < -0.4 is 10.1 Å². The van der Waals surface area contributed by atoms with Crippen molar-refractivity contribution < 1.29 is 9.53 Å². The first-order valence-corrected chi connectivity index (χ1v) is 10.3. The Morgan fingerprint density at radius 1 is 1.00 bits per heavy atom. The Morgan fingerprint density at radius 3 is 2.55 bits per heavy atom. The van der Waals surface area contributed by atoms with E-state index in [1.807, 2.05) is 60.7 Å². The molecule has 0 radical (unpaired) electrons. The highest BCUT2D eigenvalue weighted by Crippen LogP contribution is 2.22. The summed E-state index contributed by atoms with van der Waals surface area (Å²) < 4.78 is 8.23. The van der Waals surface area contributed by atoms with Crippen molar-refractivity contribution in [3.63, 3.8) is 0 Å². The van der Waals surface area contributed by atoms with Gasteiger partial charge in [0.2, 0.25) is 6.10 Å². The molecule has 1 aliphatic rings. The number of carbonyl (C=O) groups excluding carboxylic acids is 1. The monoisotopic (exact) mass is 390 g/mol. The third-order valence-corrected chi connectivity index (χ3v) is 5.17. The fourth-order valence-electron chi connectivity index (χ4n) is 3.66. The van der Waals surface area contributed by atoms with E-state index in [0.717, 1.165) is 36.6 Å². The molecule has 1 amide bonds. The number of para-hydroxylation sites is 1. The maximum absolute atomic E-state index is 12.9.